The molecular formula is C18H16O4. The predicted molar refractivity (Wildman–Crippen MR) is 80.6 cm³/mol. The molecule has 0 aliphatic heterocycles. The van der Waals surface area contributed by atoms with E-state index in [0.717, 1.165) is 11.1 Å². The topological polar surface area (TPSA) is 74.6 Å². The largest absolute Gasteiger partial charge is 0.481 e. The van der Waals surface area contributed by atoms with Gasteiger partial charge in [-0.15, -0.1) is 0 Å². The highest BCUT2D eigenvalue weighted by molar-refractivity contribution is 5.83. The van der Waals surface area contributed by atoms with Crippen molar-refractivity contribution in [1.29, 1.82) is 0 Å². The third kappa shape index (κ3) is 2.26. The van der Waals surface area contributed by atoms with E-state index in [1.165, 1.54) is 0 Å². The van der Waals surface area contributed by atoms with Crippen molar-refractivity contribution in [3.05, 3.63) is 71.8 Å². The van der Waals surface area contributed by atoms with Crippen molar-refractivity contribution in [2.75, 3.05) is 0 Å². The average Bonchev–Trinajstić information content (AvgIpc) is 2.47. The van der Waals surface area contributed by atoms with Crippen LogP contribution in [0, 0.1) is 11.8 Å². The Kier molecular flexibility index (Phi) is 3.67. The van der Waals surface area contributed by atoms with E-state index in [1.807, 2.05) is 36.4 Å². The van der Waals surface area contributed by atoms with Gasteiger partial charge in [0.15, 0.2) is 0 Å². The van der Waals surface area contributed by atoms with Crippen molar-refractivity contribution in [1.82, 2.24) is 0 Å². The molecule has 4 nitrogen and oxygen atoms in total. The van der Waals surface area contributed by atoms with Crippen molar-refractivity contribution in [3.8, 4) is 0 Å². The number of aliphatic carboxylic acids is 2. The van der Waals surface area contributed by atoms with Gasteiger partial charge in [-0.3, -0.25) is 9.59 Å². The molecular weight excluding hydrogens is 280 g/mol. The molecule has 2 N–H and O–H groups in total. The number of rotatable bonds is 4. The van der Waals surface area contributed by atoms with Gasteiger partial charge in [0.25, 0.3) is 0 Å². The first-order valence-corrected chi connectivity index (χ1v) is 7.16. The fraction of sp³-hybridized carbons (Fsp3) is 0.222. The van der Waals surface area contributed by atoms with Crippen molar-refractivity contribution in [2.24, 2.45) is 11.8 Å². The zero-order valence-electron chi connectivity index (χ0n) is 11.8. The van der Waals surface area contributed by atoms with Crippen LogP contribution in [-0.2, 0) is 9.59 Å². The molecule has 4 heteroatoms. The lowest BCUT2D eigenvalue weighted by Crippen LogP contribution is -2.50. The summed E-state index contributed by atoms with van der Waals surface area (Å²) in [5.41, 5.74) is 1.55. The Morgan fingerprint density at radius 3 is 1.23 bits per heavy atom. The molecule has 1 fully saturated rings. The Hall–Kier alpha value is -2.62. The monoisotopic (exact) mass is 296 g/mol. The molecule has 3 rings (SSSR count). The summed E-state index contributed by atoms with van der Waals surface area (Å²) in [5.74, 6) is -4.32. The molecule has 0 unspecified atom stereocenters. The van der Waals surface area contributed by atoms with Gasteiger partial charge in [-0.25, -0.2) is 0 Å². The third-order valence-corrected chi connectivity index (χ3v) is 4.49. The number of hydrogen-bond donors (Lipinski definition) is 2. The summed E-state index contributed by atoms with van der Waals surface area (Å²) in [4.78, 5) is 23.4. The fourth-order valence-electron chi connectivity index (χ4n) is 3.54. The van der Waals surface area contributed by atoms with Crippen LogP contribution in [-0.4, -0.2) is 22.2 Å². The number of carboxylic acids is 2. The van der Waals surface area contributed by atoms with Crippen LogP contribution in [0.25, 0.3) is 0 Å². The molecule has 0 spiro atoms. The van der Waals surface area contributed by atoms with Crippen LogP contribution in [0.5, 0.6) is 0 Å². The van der Waals surface area contributed by atoms with Gasteiger partial charge in [0.05, 0.1) is 11.8 Å². The molecule has 0 saturated heterocycles. The van der Waals surface area contributed by atoms with Gasteiger partial charge in [0.2, 0.25) is 0 Å². The average molecular weight is 296 g/mol. The number of carboxylic acid groups (broad SMARTS) is 2. The van der Waals surface area contributed by atoms with Gasteiger partial charge in [-0.05, 0) is 11.1 Å². The summed E-state index contributed by atoms with van der Waals surface area (Å²) >= 11 is 0. The second kappa shape index (κ2) is 5.64. The maximum absolute atomic E-state index is 11.7. The van der Waals surface area contributed by atoms with Gasteiger partial charge in [-0.1, -0.05) is 60.7 Å². The van der Waals surface area contributed by atoms with E-state index in [1.54, 1.807) is 24.3 Å². The molecule has 2 aromatic carbocycles. The Labute approximate surface area is 128 Å². The van der Waals surface area contributed by atoms with Crippen LogP contribution >= 0.6 is 0 Å². The van der Waals surface area contributed by atoms with Crippen molar-refractivity contribution in [3.63, 3.8) is 0 Å². The molecule has 112 valence electrons. The standard InChI is InChI=1S/C18H16O4/c19-17(20)15-13(11-7-3-1-4-8-11)16(18(21)22)14(15)12-9-5-2-6-10-12/h1-10,13-16H,(H,19,20)(H,21,22)/t13-,14+,15+,16-. The number of carbonyl (C=O) groups is 2. The summed E-state index contributed by atoms with van der Waals surface area (Å²) in [7, 11) is 0. The Bertz CT molecular complexity index is 611. The second-order valence-electron chi connectivity index (χ2n) is 5.60. The minimum atomic E-state index is -0.944. The van der Waals surface area contributed by atoms with Gasteiger partial charge in [0, 0.05) is 11.8 Å². The maximum Gasteiger partial charge on any atom is 0.307 e. The van der Waals surface area contributed by atoms with Crippen molar-refractivity contribution >= 4 is 11.9 Å². The van der Waals surface area contributed by atoms with Gasteiger partial charge >= 0.3 is 11.9 Å². The number of benzene rings is 2. The Morgan fingerprint density at radius 1 is 0.636 bits per heavy atom. The zero-order chi connectivity index (χ0) is 15.7. The van der Waals surface area contributed by atoms with Crippen LogP contribution in [0.3, 0.4) is 0 Å². The summed E-state index contributed by atoms with van der Waals surface area (Å²) in [5, 5.41) is 19.2. The minimum Gasteiger partial charge on any atom is -0.481 e. The SMILES string of the molecule is O=C(O)[C@H]1[C@@H](c2ccccc2)[C@@H](C(=O)O)[C@H]1c1ccccc1. The minimum absolute atomic E-state index is 0.499. The van der Waals surface area contributed by atoms with E-state index < -0.39 is 35.6 Å². The van der Waals surface area contributed by atoms with E-state index >= 15 is 0 Å². The van der Waals surface area contributed by atoms with Crippen molar-refractivity contribution < 1.29 is 19.8 Å². The molecule has 0 atom stereocenters. The summed E-state index contributed by atoms with van der Waals surface area (Å²) in [6.45, 7) is 0. The van der Waals surface area contributed by atoms with Gasteiger partial charge in [-0.2, -0.15) is 0 Å². The van der Waals surface area contributed by atoms with Crippen LogP contribution in [0.15, 0.2) is 60.7 Å². The molecule has 0 amide bonds. The maximum atomic E-state index is 11.7. The smallest absolute Gasteiger partial charge is 0.307 e. The highest BCUT2D eigenvalue weighted by Gasteiger charge is 2.58. The molecule has 0 aromatic heterocycles. The summed E-state index contributed by atoms with van der Waals surface area (Å²) in [6.07, 6.45) is 0. The first kappa shape index (κ1) is 14.3. The van der Waals surface area contributed by atoms with Crippen LogP contribution in [0.2, 0.25) is 0 Å². The molecule has 22 heavy (non-hydrogen) atoms. The van der Waals surface area contributed by atoms with Crippen molar-refractivity contribution in [2.45, 2.75) is 11.8 Å². The van der Waals surface area contributed by atoms with Gasteiger partial charge in [0.1, 0.15) is 0 Å². The molecule has 2 aromatic rings. The molecule has 1 aliphatic rings. The molecule has 0 radical (unpaired) electrons. The molecule has 1 aliphatic carbocycles. The third-order valence-electron chi connectivity index (χ3n) is 4.49. The first-order chi connectivity index (χ1) is 10.6. The fourth-order valence-corrected chi connectivity index (χ4v) is 3.54. The van der Waals surface area contributed by atoms with E-state index in [9.17, 15) is 19.8 Å². The van der Waals surface area contributed by atoms with Gasteiger partial charge < -0.3 is 10.2 Å². The van der Waals surface area contributed by atoms with E-state index in [2.05, 4.69) is 0 Å². The second-order valence-corrected chi connectivity index (χ2v) is 5.60. The Balaban J connectivity index is 2.04. The lowest BCUT2D eigenvalue weighted by Gasteiger charge is -2.48. The highest BCUT2D eigenvalue weighted by atomic mass is 16.4. The quantitative estimate of drug-likeness (QED) is 0.909. The Morgan fingerprint density at radius 2 is 0.955 bits per heavy atom. The lowest BCUT2D eigenvalue weighted by atomic mass is 9.52. The van der Waals surface area contributed by atoms with E-state index in [0.29, 0.717) is 0 Å². The van der Waals surface area contributed by atoms with Crippen LogP contribution in [0.4, 0.5) is 0 Å². The molecule has 0 bridgehead atoms. The predicted octanol–water partition coefficient (Wildman–Crippen LogP) is 2.97. The lowest BCUT2D eigenvalue weighted by molar-refractivity contribution is -0.159. The summed E-state index contributed by atoms with van der Waals surface area (Å²) < 4.78 is 0. The molecule has 1 saturated carbocycles. The van der Waals surface area contributed by atoms with Crippen LogP contribution < -0.4 is 0 Å². The van der Waals surface area contributed by atoms with E-state index in [-0.39, 0.29) is 0 Å². The first-order valence-electron chi connectivity index (χ1n) is 7.16. The van der Waals surface area contributed by atoms with E-state index in [4.69, 9.17) is 0 Å². The summed E-state index contributed by atoms with van der Waals surface area (Å²) in [6, 6.07) is 18.1. The highest BCUT2D eigenvalue weighted by Crippen LogP contribution is 2.57. The van der Waals surface area contributed by atoms with Crippen LogP contribution in [0.1, 0.15) is 23.0 Å². The molecule has 0 heterocycles. The zero-order valence-corrected chi connectivity index (χ0v) is 11.8. The normalized spacial score (nSPS) is 26.9. The number of hydrogen-bond acceptors (Lipinski definition) is 2.